The van der Waals surface area contributed by atoms with Crippen LogP contribution in [0.1, 0.15) is 27.3 Å². The molecule has 3 heteroatoms. The van der Waals surface area contributed by atoms with Gasteiger partial charge in [0.05, 0.1) is 11.4 Å². The van der Waals surface area contributed by atoms with Gasteiger partial charge < -0.3 is 9.97 Å². The van der Waals surface area contributed by atoms with E-state index in [1.54, 1.807) is 0 Å². The van der Waals surface area contributed by atoms with E-state index in [9.17, 15) is 4.79 Å². The van der Waals surface area contributed by atoms with Crippen molar-refractivity contribution in [3.63, 3.8) is 0 Å². The molecule has 0 unspecified atom stereocenters. The summed E-state index contributed by atoms with van der Waals surface area (Å²) in [5.74, 6) is -0.00977. The fourth-order valence-corrected chi connectivity index (χ4v) is 2.95. The van der Waals surface area contributed by atoms with Crippen molar-refractivity contribution in [1.82, 2.24) is 9.97 Å². The van der Waals surface area contributed by atoms with Crippen LogP contribution in [-0.2, 0) is 0 Å². The van der Waals surface area contributed by atoms with Crippen LogP contribution < -0.4 is 0 Å². The first-order valence-corrected chi connectivity index (χ1v) is 7.34. The minimum Gasteiger partial charge on any atom is -0.352 e. The number of aromatic amines is 2. The third-order valence-corrected chi connectivity index (χ3v) is 4.15. The van der Waals surface area contributed by atoms with Gasteiger partial charge in [-0.2, -0.15) is 0 Å². The van der Waals surface area contributed by atoms with E-state index in [4.69, 9.17) is 0 Å². The van der Waals surface area contributed by atoms with E-state index in [1.807, 2.05) is 36.4 Å². The SMILES string of the molecule is Cc1ccc2[nH]c(C(=O)c3cc4c(C)cccc4[nH]3)cc2c1. The molecule has 0 spiro atoms. The van der Waals surface area contributed by atoms with Crippen LogP contribution in [0.5, 0.6) is 0 Å². The van der Waals surface area contributed by atoms with Crippen LogP contribution in [0.4, 0.5) is 0 Å². The highest BCUT2D eigenvalue weighted by atomic mass is 16.1. The summed E-state index contributed by atoms with van der Waals surface area (Å²) in [5, 5.41) is 2.16. The van der Waals surface area contributed by atoms with Gasteiger partial charge in [-0.15, -0.1) is 0 Å². The van der Waals surface area contributed by atoms with Gasteiger partial charge in [0.25, 0.3) is 0 Å². The number of H-pyrrole nitrogens is 2. The first-order valence-electron chi connectivity index (χ1n) is 7.34. The number of ketones is 1. The Hall–Kier alpha value is -2.81. The number of benzene rings is 2. The van der Waals surface area contributed by atoms with Crippen LogP contribution in [0.25, 0.3) is 21.8 Å². The topological polar surface area (TPSA) is 48.6 Å². The fourth-order valence-electron chi connectivity index (χ4n) is 2.95. The molecule has 0 aliphatic rings. The normalized spacial score (nSPS) is 11.4. The second-order valence-electron chi connectivity index (χ2n) is 5.82. The lowest BCUT2D eigenvalue weighted by molar-refractivity contribution is 0.103. The van der Waals surface area contributed by atoms with Crippen molar-refractivity contribution in [2.75, 3.05) is 0 Å². The van der Waals surface area contributed by atoms with Crippen LogP contribution in [0.3, 0.4) is 0 Å². The third kappa shape index (κ3) is 1.94. The van der Waals surface area contributed by atoms with Crippen LogP contribution in [0, 0.1) is 13.8 Å². The zero-order valence-corrected chi connectivity index (χ0v) is 12.5. The van der Waals surface area contributed by atoms with E-state index >= 15 is 0 Å². The molecule has 2 aromatic carbocycles. The molecule has 0 aliphatic carbocycles. The number of rotatable bonds is 2. The predicted octanol–water partition coefficient (Wildman–Crippen LogP) is 4.50. The second kappa shape index (κ2) is 4.60. The van der Waals surface area contributed by atoms with Crippen molar-refractivity contribution < 1.29 is 4.79 Å². The maximum Gasteiger partial charge on any atom is 0.225 e. The summed E-state index contributed by atoms with van der Waals surface area (Å²) in [6.07, 6.45) is 0. The standard InChI is InChI=1S/C19H16N2O/c1-11-6-7-15-13(8-11)9-17(20-15)19(22)18-10-14-12(2)4-3-5-16(14)21-18/h3-10,20-21H,1-2H3. The molecule has 108 valence electrons. The van der Waals surface area contributed by atoms with Crippen molar-refractivity contribution in [2.45, 2.75) is 13.8 Å². The summed E-state index contributed by atoms with van der Waals surface area (Å²) in [7, 11) is 0. The molecular weight excluding hydrogens is 272 g/mol. The Balaban J connectivity index is 1.82. The minimum absolute atomic E-state index is 0.00977. The molecule has 4 aromatic rings. The second-order valence-corrected chi connectivity index (χ2v) is 5.82. The maximum atomic E-state index is 12.7. The molecule has 0 aliphatic heterocycles. The summed E-state index contributed by atoms with van der Waals surface area (Å²) in [5.41, 5.74) is 5.57. The smallest absolute Gasteiger partial charge is 0.225 e. The largest absolute Gasteiger partial charge is 0.352 e. The van der Waals surface area contributed by atoms with Gasteiger partial charge in [-0.3, -0.25) is 4.79 Å². The van der Waals surface area contributed by atoms with Gasteiger partial charge >= 0.3 is 0 Å². The Morgan fingerprint density at radius 3 is 2.45 bits per heavy atom. The number of aryl methyl sites for hydroxylation is 2. The first kappa shape index (κ1) is 12.9. The molecular formula is C19H16N2O. The van der Waals surface area contributed by atoms with Crippen LogP contribution in [0.2, 0.25) is 0 Å². The molecule has 2 aromatic heterocycles. The molecule has 0 amide bonds. The average molecular weight is 288 g/mol. The van der Waals surface area contributed by atoms with E-state index in [2.05, 4.69) is 35.9 Å². The molecule has 0 saturated heterocycles. The quantitative estimate of drug-likeness (QED) is 0.524. The number of aromatic nitrogens is 2. The summed E-state index contributed by atoms with van der Waals surface area (Å²) < 4.78 is 0. The predicted molar refractivity (Wildman–Crippen MR) is 89.5 cm³/mol. The van der Waals surface area contributed by atoms with Crippen molar-refractivity contribution in [2.24, 2.45) is 0 Å². The van der Waals surface area contributed by atoms with E-state index in [1.165, 1.54) is 11.1 Å². The summed E-state index contributed by atoms with van der Waals surface area (Å²) in [6, 6.07) is 16.0. The van der Waals surface area contributed by atoms with Crippen molar-refractivity contribution in [3.8, 4) is 0 Å². The molecule has 22 heavy (non-hydrogen) atoms. The van der Waals surface area contributed by atoms with E-state index in [0.29, 0.717) is 11.4 Å². The lowest BCUT2D eigenvalue weighted by atomic mass is 10.1. The Morgan fingerprint density at radius 2 is 1.64 bits per heavy atom. The molecule has 3 nitrogen and oxygen atoms in total. The first-order chi connectivity index (χ1) is 10.6. The monoisotopic (exact) mass is 288 g/mol. The lowest BCUT2D eigenvalue weighted by Gasteiger charge is -1.93. The summed E-state index contributed by atoms with van der Waals surface area (Å²) >= 11 is 0. The number of carbonyl (C=O) groups is 1. The Labute approximate surface area is 128 Å². The fraction of sp³-hybridized carbons (Fsp3) is 0.105. The highest BCUT2D eigenvalue weighted by Gasteiger charge is 2.15. The Bertz CT molecular complexity index is 1020. The molecule has 4 rings (SSSR count). The van der Waals surface area contributed by atoms with Crippen molar-refractivity contribution in [1.29, 1.82) is 0 Å². The molecule has 2 N–H and O–H groups in total. The molecule has 0 fully saturated rings. The van der Waals surface area contributed by atoms with Crippen LogP contribution >= 0.6 is 0 Å². The highest BCUT2D eigenvalue weighted by Crippen LogP contribution is 2.23. The van der Waals surface area contributed by atoms with Gasteiger partial charge in [-0.05, 0) is 49.7 Å². The average Bonchev–Trinajstić information content (AvgIpc) is 3.10. The summed E-state index contributed by atoms with van der Waals surface area (Å²) in [4.78, 5) is 19.2. The van der Waals surface area contributed by atoms with E-state index < -0.39 is 0 Å². The van der Waals surface area contributed by atoms with Crippen molar-refractivity contribution in [3.05, 3.63) is 71.0 Å². The highest BCUT2D eigenvalue weighted by molar-refractivity contribution is 6.11. The number of carbonyl (C=O) groups excluding carboxylic acids is 1. The van der Waals surface area contributed by atoms with Gasteiger partial charge in [0.2, 0.25) is 5.78 Å². The van der Waals surface area contributed by atoms with Crippen LogP contribution in [0.15, 0.2) is 48.5 Å². The van der Waals surface area contributed by atoms with E-state index in [-0.39, 0.29) is 5.78 Å². The number of hydrogen-bond donors (Lipinski definition) is 2. The van der Waals surface area contributed by atoms with Gasteiger partial charge in [0.1, 0.15) is 0 Å². The van der Waals surface area contributed by atoms with Gasteiger partial charge in [0.15, 0.2) is 0 Å². The van der Waals surface area contributed by atoms with Crippen molar-refractivity contribution >= 4 is 27.6 Å². The zero-order chi connectivity index (χ0) is 15.3. The lowest BCUT2D eigenvalue weighted by Crippen LogP contribution is -2.01. The number of fused-ring (bicyclic) bond motifs is 2. The van der Waals surface area contributed by atoms with E-state index in [0.717, 1.165) is 21.8 Å². The van der Waals surface area contributed by atoms with Crippen LogP contribution in [-0.4, -0.2) is 15.8 Å². The van der Waals surface area contributed by atoms with Gasteiger partial charge in [-0.25, -0.2) is 0 Å². The Kier molecular flexibility index (Phi) is 2.70. The molecule has 0 saturated carbocycles. The molecule has 0 bridgehead atoms. The summed E-state index contributed by atoms with van der Waals surface area (Å²) in [6.45, 7) is 4.10. The third-order valence-electron chi connectivity index (χ3n) is 4.15. The minimum atomic E-state index is -0.00977. The number of hydrogen-bond acceptors (Lipinski definition) is 1. The van der Waals surface area contributed by atoms with Gasteiger partial charge in [-0.1, -0.05) is 23.8 Å². The molecule has 0 radical (unpaired) electrons. The molecule has 0 atom stereocenters. The maximum absolute atomic E-state index is 12.7. The number of nitrogens with one attached hydrogen (secondary N) is 2. The molecule has 2 heterocycles. The Morgan fingerprint density at radius 1 is 0.864 bits per heavy atom. The van der Waals surface area contributed by atoms with Gasteiger partial charge in [0, 0.05) is 21.8 Å². The zero-order valence-electron chi connectivity index (χ0n) is 12.5.